The first-order chi connectivity index (χ1) is 12.6. The fourth-order valence-electron chi connectivity index (χ4n) is 2.24. The molecule has 0 saturated carbocycles. The second-order valence-corrected chi connectivity index (χ2v) is 7.15. The number of nitro groups is 1. The smallest absolute Gasteiger partial charge is 0.276 e. The summed E-state index contributed by atoms with van der Waals surface area (Å²) in [5.41, 5.74) is 0.821. The van der Waals surface area contributed by atoms with E-state index in [1.165, 1.54) is 12.1 Å². The maximum Gasteiger partial charge on any atom is 0.276 e. The maximum absolute atomic E-state index is 12.3. The zero-order chi connectivity index (χ0) is 20.2. The van der Waals surface area contributed by atoms with E-state index in [1.54, 1.807) is 37.3 Å². The molecule has 2 aromatic carbocycles. The van der Waals surface area contributed by atoms with Gasteiger partial charge in [-0.1, -0.05) is 26.8 Å². The summed E-state index contributed by atoms with van der Waals surface area (Å²) >= 11 is 0. The Balaban J connectivity index is 2.02. The molecule has 0 aromatic heterocycles. The Morgan fingerprint density at radius 3 is 2.30 bits per heavy atom. The average Bonchev–Trinajstić information content (AvgIpc) is 2.60. The predicted molar refractivity (Wildman–Crippen MR) is 102 cm³/mol. The molecule has 0 bridgehead atoms. The number of hydrogen-bond acceptors (Lipinski definition) is 5. The third-order valence-corrected chi connectivity index (χ3v) is 3.96. The molecule has 0 radical (unpaired) electrons. The molecule has 7 heteroatoms. The van der Waals surface area contributed by atoms with Crippen molar-refractivity contribution in [1.29, 1.82) is 0 Å². The van der Waals surface area contributed by atoms with Crippen molar-refractivity contribution in [2.24, 2.45) is 5.41 Å². The van der Waals surface area contributed by atoms with Crippen LogP contribution in [0.1, 0.15) is 36.7 Å². The number of rotatable bonds is 6. The molecule has 0 aliphatic rings. The molecule has 0 atom stereocenters. The highest BCUT2D eigenvalue weighted by molar-refractivity contribution is 5.98. The van der Waals surface area contributed by atoms with Crippen LogP contribution in [0.4, 0.5) is 11.4 Å². The molecule has 0 unspecified atom stereocenters. The SMILES string of the molecule is Cc1c(OCC(=O)c2ccc(NC(=O)C(C)(C)C)cc2)cccc1[N+](=O)[O-]. The highest BCUT2D eigenvalue weighted by atomic mass is 16.6. The Bertz CT molecular complexity index is 867. The van der Waals surface area contributed by atoms with Crippen LogP contribution in [0.3, 0.4) is 0 Å². The molecule has 1 amide bonds. The summed E-state index contributed by atoms with van der Waals surface area (Å²) in [6.45, 7) is 6.77. The van der Waals surface area contributed by atoms with E-state index in [2.05, 4.69) is 5.32 Å². The van der Waals surface area contributed by atoms with E-state index in [0.29, 0.717) is 22.6 Å². The van der Waals surface area contributed by atoms with Gasteiger partial charge in [0.05, 0.1) is 10.5 Å². The maximum atomic E-state index is 12.3. The van der Waals surface area contributed by atoms with Gasteiger partial charge >= 0.3 is 0 Å². The van der Waals surface area contributed by atoms with Crippen molar-refractivity contribution < 1.29 is 19.2 Å². The lowest BCUT2D eigenvalue weighted by Crippen LogP contribution is -2.27. The van der Waals surface area contributed by atoms with Crippen molar-refractivity contribution in [2.45, 2.75) is 27.7 Å². The Hall–Kier alpha value is -3.22. The zero-order valence-electron chi connectivity index (χ0n) is 15.7. The number of amides is 1. The van der Waals surface area contributed by atoms with Crippen LogP contribution in [0, 0.1) is 22.5 Å². The number of ketones is 1. The fourth-order valence-corrected chi connectivity index (χ4v) is 2.24. The summed E-state index contributed by atoms with van der Waals surface area (Å²) < 4.78 is 5.46. The van der Waals surface area contributed by atoms with E-state index in [1.807, 2.05) is 20.8 Å². The second-order valence-electron chi connectivity index (χ2n) is 7.15. The summed E-state index contributed by atoms with van der Waals surface area (Å²) in [6.07, 6.45) is 0. The van der Waals surface area contributed by atoms with Crippen LogP contribution in [-0.2, 0) is 4.79 Å². The monoisotopic (exact) mass is 370 g/mol. The molecule has 27 heavy (non-hydrogen) atoms. The first kappa shape index (κ1) is 20.1. The quantitative estimate of drug-likeness (QED) is 0.468. The van der Waals surface area contributed by atoms with Crippen molar-refractivity contribution in [3.63, 3.8) is 0 Å². The Morgan fingerprint density at radius 1 is 1.11 bits per heavy atom. The third kappa shape index (κ3) is 5.13. The number of anilines is 1. The van der Waals surface area contributed by atoms with Crippen molar-refractivity contribution in [3.05, 3.63) is 63.7 Å². The molecule has 0 aliphatic carbocycles. The number of nitrogens with one attached hydrogen (secondary N) is 1. The summed E-state index contributed by atoms with van der Waals surface area (Å²) in [7, 11) is 0. The van der Waals surface area contributed by atoms with Crippen LogP contribution in [0.25, 0.3) is 0 Å². The van der Waals surface area contributed by atoms with Crippen LogP contribution in [0.2, 0.25) is 0 Å². The van der Waals surface area contributed by atoms with E-state index in [0.717, 1.165) is 0 Å². The molecule has 2 aromatic rings. The van der Waals surface area contributed by atoms with Crippen LogP contribution in [0.5, 0.6) is 5.75 Å². The van der Waals surface area contributed by atoms with Gasteiger partial charge in [-0.05, 0) is 37.3 Å². The van der Waals surface area contributed by atoms with Gasteiger partial charge < -0.3 is 10.1 Å². The van der Waals surface area contributed by atoms with Gasteiger partial charge in [0.15, 0.2) is 12.4 Å². The van der Waals surface area contributed by atoms with Gasteiger partial charge in [-0.25, -0.2) is 0 Å². The minimum absolute atomic E-state index is 0.0566. The van der Waals surface area contributed by atoms with Crippen molar-refractivity contribution >= 4 is 23.1 Å². The minimum atomic E-state index is -0.515. The van der Waals surface area contributed by atoms with E-state index < -0.39 is 10.3 Å². The lowest BCUT2D eigenvalue weighted by molar-refractivity contribution is -0.385. The van der Waals surface area contributed by atoms with Gasteiger partial charge in [0.2, 0.25) is 5.91 Å². The molecule has 0 spiro atoms. The average molecular weight is 370 g/mol. The fraction of sp³-hybridized carbons (Fsp3) is 0.300. The highest BCUT2D eigenvalue weighted by Crippen LogP contribution is 2.27. The molecule has 1 N–H and O–H groups in total. The Kier molecular flexibility index (Phi) is 5.95. The molecular weight excluding hydrogens is 348 g/mol. The van der Waals surface area contributed by atoms with E-state index in [4.69, 9.17) is 4.74 Å². The standard InChI is InChI=1S/C20H22N2O5/c1-13-16(22(25)26)6-5-7-18(13)27-12-17(23)14-8-10-15(11-9-14)21-19(24)20(2,3)4/h5-11H,12H2,1-4H3,(H,21,24). The third-order valence-electron chi connectivity index (χ3n) is 3.96. The predicted octanol–water partition coefficient (Wildman–Crippen LogP) is 4.15. The van der Waals surface area contributed by atoms with Crippen LogP contribution in [-0.4, -0.2) is 23.2 Å². The topological polar surface area (TPSA) is 98.5 Å². The minimum Gasteiger partial charge on any atom is -0.485 e. The molecule has 0 fully saturated rings. The van der Waals surface area contributed by atoms with Gasteiger partial charge in [0.25, 0.3) is 5.69 Å². The largest absolute Gasteiger partial charge is 0.485 e. The first-order valence-electron chi connectivity index (χ1n) is 8.41. The number of hydrogen-bond donors (Lipinski definition) is 1. The number of ether oxygens (including phenoxy) is 1. The number of carbonyl (C=O) groups is 2. The van der Waals surface area contributed by atoms with Gasteiger partial charge in [-0.15, -0.1) is 0 Å². The Labute approximate surface area is 157 Å². The summed E-state index contributed by atoms with van der Waals surface area (Å²) in [5, 5.41) is 13.7. The number of nitro benzene ring substituents is 1. The summed E-state index contributed by atoms with van der Waals surface area (Å²) in [6, 6.07) is 11.0. The lowest BCUT2D eigenvalue weighted by Gasteiger charge is -2.17. The van der Waals surface area contributed by atoms with Crippen LogP contribution >= 0.6 is 0 Å². The number of carbonyl (C=O) groups excluding carboxylic acids is 2. The molecule has 0 aliphatic heterocycles. The van der Waals surface area contributed by atoms with Crippen molar-refractivity contribution in [1.82, 2.24) is 0 Å². The summed E-state index contributed by atoms with van der Waals surface area (Å²) in [5.74, 6) is -0.0905. The summed E-state index contributed by atoms with van der Waals surface area (Å²) in [4.78, 5) is 34.7. The van der Waals surface area contributed by atoms with Crippen molar-refractivity contribution in [2.75, 3.05) is 11.9 Å². The van der Waals surface area contributed by atoms with Gasteiger partial charge in [-0.3, -0.25) is 19.7 Å². The van der Waals surface area contributed by atoms with Crippen molar-refractivity contribution in [3.8, 4) is 5.75 Å². The molecule has 142 valence electrons. The molecule has 7 nitrogen and oxygen atoms in total. The van der Waals surface area contributed by atoms with Crippen LogP contribution in [0.15, 0.2) is 42.5 Å². The molecular formula is C20H22N2O5. The van der Waals surface area contributed by atoms with Gasteiger partial charge in [-0.2, -0.15) is 0 Å². The van der Waals surface area contributed by atoms with Crippen LogP contribution < -0.4 is 10.1 Å². The number of benzene rings is 2. The van der Waals surface area contributed by atoms with Gasteiger partial charge in [0, 0.05) is 22.7 Å². The van der Waals surface area contributed by atoms with Gasteiger partial charge in [0.1, 0.15) is 5.75 Å². The second kappa shape index (κ2) is 7.99. The number of Topliss-reactive ketones (excluding diaryl/α,β-unsaturated/α-hetero) is 1. The Morgan fingerprint density at radius 2 is 1.74 bits per heavy atom. The number of nitrogens with zero attached hydrogens (tertiary/aromatic N) is 1. The lowest BCUT2D eigenvalue weighted by atomic mass is 9.95. The van der Waals surface area contributed by atoms with E-state index >= 15 is 0 Å². The zero-order valence-corrected chi connectivity index (χ0v) is 15.7. The first-order valence-corrected chi connectivity index (χ1v) is 8.41. The molecule has 0 heterocycles. The normalized spacial score (nSPS) is 11.0. The van der Waals surface area contributed by atoms with E-state index in [9.17, 15) is 19.7 Å². The molecule has 0 saturated heterocycles. The molecule has 2 rings (SSSR count). The van der Waals surface area contributed by atoms with E-state index in [-0.39, 0.29) is 24.0 Å². The highest BCUT2D eigenvalue weighted by Gasteiger charge is 2.21.